The van der Waals surface area contributed by atoms with E-state index in [2.05, 4.69) is 40.5 Å². The summed E-state index contributed by atoms with van der Waals surface area (Å²) in [5.74, 6) is 0.859. The van der Waals surface area contributed by atoms with Crippen LogP contribution in [-0.4, -0.2) is 41.4 Å². The minimum atomic E-state index is 0. The number of anilines is 1. The Kier molecular flexibility index (Phi) is 8.42. The molecule has 8 heteroatoms. The van der Waals surface area contributed by atoms with Gasteiger partial charge in [-0.1, -0.05) is 17.7 Å². The van der Waals surface area contributed by atoms with Crippen molar-refractivity contribution >= 4 is 47.2 Å². The Labute approximate surface area is 189 Å². The van der Waals surface area contributed by atoms with Crippen LogP contribution in [0.2, 0.25) is 5.02 Å². The van der Waals surface area contributed by atoms with Gasteiger partial charge in [0.2, 0.25) is 0 Å². The zero-order valence-corrected chi connectivity index (χ0v) is 20.1. The topological polar surface area (TPSA) is 57.5 Å². The van der Waals surface area contributed by atoms with E-state index < -0.39 is 0 Å². The van der Waals surface area contributed by atoms with Gasteiger partial charge >= 0.3 is 0 Å². The van der Waals surface area contributed by atoms with E-state index in [0.29, 0.717) is 12.6 Å². The monoisotopic (exact) mass is 516 g/mol. The van der Waals surface area contributed by atoms with Crippen LogP contribution in [0, 0.1) is 13.8 Å². The van der Waals surface area contributed by atoms with Crippen molar-refractivity contribution in [2.45, 2.75) is 39.8 Å². The number of aliphatic imine (C=N–C) groups is 1. The summed E-state index contributed by atoms with van der Waals surface area (Å²) < 4.78 is 1.92. The Morgan fingerprint density at radius 3 is 2.79 bits per heavy atom. The molecule has 0 bridgehead atoms. The lowest BCUT2D eigenvalue weighted by atomic mass is 10.2. The summed E-state index contributed by atoms with van der Waals surface area (Å²) in [4.78, 5) is 7.16. The van der Waals surface area contributed by atoms with Gasteiger partial charge in [-0.15, -0.1) is 24.0 Å². The number of halogens is 2. The van der Waals surface area contributed by atoms with Gasteiger partial charge in [-0.05, 0) is 45.4 Å². The Balaban J connectivity index is 0.00000280. The van der Waals surface area contributed by atoms with Crippen LogP contribution in [-0.2, 0) is 13.6 Å². The number of nitrogens with zero attached hydrogens (tertiary/aromatic N) is 4. The lowest BCUT2D eigenvalue weighted by molar-refractivity contribution is 0.649. The zero-order chi connectivity index (χ0) is 19.4. The van der Waals surface area contributed by atoms with Crippen molar-refractivity contribution in [3.05, 3.63) is 46.2 Å². The highest BCUT2D eigenvalue weighted by atomic mass is 127. The molecular formula is C20H30ClIN6. The summed E-state index contributed by atoms with van der Waals surface area (Å²) in [5, 5.41) is 12.2. The van der Waals surface area contributed by atoms with E-state index in [4.69, 9.17) is 16.6 Å². The molecule has 1 saturated heterocycles. The highest BCUT2D eigenvalue weighted by molar-refractivity contribution is 14.0. The van der Waals surface area contributed by atoms with Crippen molar-refractivity contribution in [2.24, 2.45) is 12.0 Å². The van der Waals surface area contributed by atoms with E-state index >= 15 is 0 Å². The van der Waals surface area contributed by atoms with Gasteiger partial charge in [0.1, 0.15) is 0 Å². The average molecular weight is 517 g/mol. The van der Waals surface area contributed by atoms with Gasteiger partial charge in [-0.2, -0.15) is 5.10 Å². The van der Waals surface area contributed by atoms with Crippen LogP contribution in [0.15, 0.2) is 29.3 Å². The summed E-state index contributed by atoms with van der Waals surface area (Å²) in [7, 11) is 1.97. The van der Waals surface area contributed by atoms with E-state index in [1.54, 1.807) is 0 Å². The molecule has 0 spiro atoms. The molecule has 1 aliphatic heterocycles. The van der Waals surface area contributed by atoms with E-state index in [9.17, 15) is 0 Å². The fourth-order valence-electron chi connectivity index (χ4n) is 3.50. The molecule has 28 heavy (non-hydrogen) atoms. The van der Waals surface area contributed by atoms with E-state index in [-0.39, 0.29) is 24.0 Å². The predicted molar refractivity (Wildman–Crippen MR) is 128 cm³/mol. The predicted octanol–water partition coefficient (Wildman–Crippen LogP) is 3.64. The number of rotatable bonds is 5. The minimum absolute atomic E-state index is 0. The third-order valence-electron chi connectivity index (χ3n) is 5.10. The van der Waals surface area contributed by atoms with Crippen molar-refractivity contribution < 1.29 is 0 Å². The molecule has 1 aromatic carbocycles. The van der Waals surface area contributed by atoms with Crippen LogP contribution in [0.4, 0.5) is 5.69 Å². The van der Waals surface area contributed by atoms with Crippen molar-refractivity contribution in [3.63, 3.8) is 0 Å². The summed E-state index contributed by atoms with van der Waals surface area (Å²) in [6.07, 6.45) is 1.07. The molecule has 2 aromatic rings. The third-order valence-corrected chi connectivity index (χ3v) is 5.34. The smallest absolute Gasteiger partial charge is 0.191 e. The second kappa shape index (κ2) is 10.3. The minimum Gasteiger partial charge on any atom is -0.369 e. The molecule has 1 fully saturated rings. The zero-order valence-electron chi connectivity index (χ0n) is 17.0. The number of hydrogen-bond donors (Lipinski definition) is 2. The van der Waals surface area contributed by atoms with Crippen LogP contribution in [0.3, 0.4) is 0 Å². The van der Waals surface area contributed by atoms with Crippen molar-refractivity contribution in [3.8, 4) is 0 Å². The Morgan fingerprint density at radius 1 is 1.36 bits per heavy atom. The number of hydrogen-bond acceptors (Lipinski definition) is 3. The second-order valence-corrected chi connectivity index (χ2v) is 7.46. The molecule has 1 atom stereocenters. The third kappa shape index (κ3) is 5.53. The normalized spacial score (nSPS) is 16.8. The quantitative estimate of drug-likeness (QED) is 0.362. The first-order valence-electron chi connectivity index (χ1n) is 9.52. The van der Waals surface area contributed by atoms with Gasteiger partial charge in [0.05, 0.1) is 12.2 Å². The SMILES string of the molecule is CCNC(=NCc1c(C)nn(C)c1C)NC1CCN(c2cccc(Cl)c2)C1.I. The lowest BCUT2D eigenvalue weighted by Gasteiger charge is -2.20. The van der Waals surface area contributed by atoms with Crippen LogP contribution in [0.1, 0.15) is 30.3 Å². The highest BCUT2D eigenvalue weighted by Gasteiger charge is 2.23. The first kappa shape index (κ1) is 22.8. The maximum atomic E-state index is 6.13. The van der Waals surface area contributed by atoms with Gasteiger partial charge in [0.25, 0.3) is 0 Å². The first-order chi connectivity index (χ1) is 13.0. The van der Waals surface area contributed by atoms with Gasteiger partial charge in [0, 0.05) is 54.7 Å². The fraction of sp³-hybridized carbons (Fsp3) is 0.500. The van der Waals surface area contributed by atoms with Crippen LogP contribution in [0.25, 0.3) is 0 Å². The molecule has 1 aromatic heterocycles. The first-order valence-corrected chi connectivity index (χ1v) is 9.90. The Bertz CT molecular complexity index is 819. The average Bonchev–Trinajstić information content (AvgIpc) is 3.19. The largest absolute Gasteiger partial charge is 0.369 e. The maximum Gasteiger partial charge on any atom is 0.191 e. The lowest BCUT2D eigenvalue weighted by Crippen LogP contribution is -2.44. The molecule has 2 heterocycles. The molecule has 0 amide bonds. The molecule has 1 unspecified atom stereocenters. The molecule has 2 N–H and O–H groups in total. The summed E-state index contributed by atoms with van der Waals surface area (Å²) >= 11 is 6.13. The highest BCUT2D eigenvalue weighted by Crippen LogP contribution is 2.23. The number of benzene rings is 1. The standard InChI is InChI=1S/C20H29ClN6.HI/c1-5-22-20(23-12-19-14(2)25-26(4)15(19)3)24-17-9-10-27(13-17)18-8-6-7-16(21)11-18;/h6-8,11,17H,5,9-10,12-13H2,1-4H3,(H2,22,23,24);1H. The van der Waals surface area contributed by atoms with Gasteiger partial charge in [0.15, 0.2) is 5.96 Å². The maximum absolute atomic E-state index is 6.13. The van der Waals surface area contributed by atoms with Gasteiger partial charge in [-0.25, -0.2) is 4.99 Å². The summed E-state index contributed by atoms with van der Waals surface area (Å²) in [6.45, 7) is 9.63. The van der Waals surface area contributed by atoms with E-state index in [1.807, 2.05) is 36.9 Å². The molecule has 3 rings (SSSR count). The molecule has 0 aliphatic carbocycles. The van der Waals surface area contributed by atoms with Crippen LogP contribution >= 0.6 is 35.6 Å². The Hall–Kier alpha value is -1.48. The van der Waals surface area contributed by atoms with Crippen molar-refractivity contribution in [2.75, 3.05) is 24.5 Å². The molecule has 0 saturated carbocycles. The summed E-state index contributed by atoms with van der Waals surface area (Å²) in [6, 6.07) is 8.41. The fourth-order valence-corrected chi connectivity index (χ4v) is 3.69. The van der Waals surface area contributed by atoms with E-state index in [0.717, 1.165) is 42.7 Å². The van der Waals surface area contributed by atoms with E-state index in [1.165, 1.54) is 16.9 Å². The number of aromatic nitrogens is 2. The number of aryl methyl sites for hydroxylation is 2. The Morgan fingerprint density at radius 2 is 2.14 bits per heavy atom. The second-order valence-electron chi connectivity index (χ2n) is 7.02. The van der Waals surface area contributed by atoms with Crippen LogP contribution < -0.4 is 15.5 Å². The van der Waals surface area contributed by atoms with Crippen molar-refractivity contribution in [1.29, 1.82) is 0 Å². The van der Waals surface area contributed by atoms with Crippen LogP contribution in [0.5, 0.6) is 0 Å². The van der Waals surface area contributed by atoms with Gasteiger partial charge in [-0.3, -0.25) is 4.68 Å². The molecule has 154 valence electrons. The van der Waals surface area contributed by atoms with Gasteiger partial charge < -0.3 is 15.5 Å². The van der Waals surface area contributed by atoms with Crippen molar-refractivity contribution in [1.82, 2.24) is 20.4 Å². The molecule has 0 radical (unpaired) electrons. The summed E-state index contributed by atoms with van der Waals surface area (Å²) in [5.41, 5.74) is 4.58. The number of nitrogens with one attached hydrogen (secondary N) is 2. The molecule has 1 aliphatic rings. The number of guanidine groups is 1. The molecule has 6 nitrogen and oxygen atoms in total. The molecular weight excluding hydrogens is 487 g/mol.